The summed E-state index contributed by atoms with van der Waals surface area (Å²) in [4.78, 5) is 22.7. The van der Waals surface area contributed by atoms with Gasteiger partial charge in [0.25, 0.3) is 0 Å². The van der Waals surface area contributed by atoms with Crippen LogP contribution in [0.2, 0.25) is 5.02 Å². The van der Waals surface area contributed by atoms with Crippen LogP contribution in [0.3, 0.4) is 0 Å². The van der Waals surface area contributed by atoms with Gasteiger partial charge in [-0.25, -0.2) is 9.59 Å². The van der Waals surface area contributed by atoms with Gasteiger partial charge in [0.2, 0.25) is 6.23 Å². The van der Waals surface area contributed by atoms with Gasteiger partial charge < -0.3 is 10.1 Å². The molecule has 1 aliphatic heterocycles. The first-order chi connectivity index (χ1) is 8.97. The molecule has 5 nitrogen and oxygen atoms in total. The number of benzene rings is 1. The molecule has 0 fully saturated rings. The minimum absolute atomic E-state index is 0.0575. The van der Waals surface area contributed by atoms with Crippen molar-refractivity contribution in [1.82, 2.24) is 5.32 Å². The topological polar surface area (TPSA) is 67.4 Å². The monoisotopic (exact) mass is 320 g/mol. The summed E-state index contributed by atoms with van der Waals surface area (Å²) < 4.78 is 4.74. The minimum atomic E-state index is -1.08. The third-order valence-electron chi connectivity index (χ3n) is 2.21. The highest BCUT2D eigenvalue weighted by Gasteiger charge is 2.33. The number of carbonyl (C=O) groups excluding carboxylic acids is 2. The van der Waals surface area contributed by atoms with Crippen LogP contribution in [0.1, 0.15) is 0 Å². The lowest BCUT2D eigenvalue weighted by Gasteiger charge is -2.13. The Hall–Kier alpha value is -1.43. The molecule has 0 spiro atoms. The van der Waals surface area contributed by atoms with Crippen LogP contribution in [0.5, 0.6) is 0 Å². The van der Waals surface area contributed by atoms with E-state index in [1.54, 1.807) is 24.3 Å². The van der Waals surface area contributed by atoms with E-state index < -0.39 is 18.2 Å². The molecule has 2 rings (SSSR count). The number of hydrogen-bond donors (Lipinski definition) is 2. The first-order valence-corrected chi connectivity index (χ1v) is 6.20. The van der Waals surface area contributed by atoms with Gasteiger partial charge >= 0.3 is 12.0 Å². The zero-order valence-corrected chi connectivity index (χ0v) is 11.5. The number of anilines is 1. The molecule has 0 unspecified atom stereocenters. The lowest BCUT2D eigenvalue weighted by molar-refractivity contribution is -0.139. The van der Waals surface area contributed by atoms with Gasteiger partial charge in [-0.1, -0.05) is 34.8 Å². The standard InChI is InChI=1S/C11H7Cl3N2O3/c12-5-1-3-6(4-2-5)15-11(18)16-9-7(13)8(14)10(17)19-9/h1-4,9H,(H2,15,16,18)/t9-/m1/s1. The van der Waals surface area contributed by atoms with Crippen LogP contribution in [0, 0.1) is 0 Å². The molecular weight excluding hydrogens is 314 g/mol. The van der Waals surface area contributed by atoms with Crippen LogP contribution in [-0.4, -0.2) is 18.2 Å². The number of esters is 1. The van der Waals surface area contributed by atoms with Gasteiger partial charge in [-0.05, 0) is 24.3 Å². The van der Waals surface area contributed by atoms with Crippen molar-refractivity contribution in [3.63, 3.8) is 0 Å². The molecule has 1 aromatic rings. The summed E-state index contributed by atoms with van der Waals surface area (Å²) in [6, 6.07) is 5.89. The Morgan fingerprint density at radius 3 is 2.32 bits per heavy atom. The molecule has 0 aliphatic carbocycles. The molecule has 2 amide bonds. The molecule has 1 atom stereocenters. The van der Waals surface area contributed by atoms with Crippen LogP contribution in [-0.2, 0) is 9.53 Å². The number of cyclic esters (lactones) is 1. The molecule has 0 saturated carbocycles. The smallest absolute Gasteiger partial charge is 0.353 e. The molecule has 0 bridgehead atoms. The van der Waals surface area contributed by atoms with Gasteiger partial charge in [0.05, 0.1) is 0 Å². The average Bonchev–Trinajstić information content (AvgIpc) is 2.60. The first-order valence-electron chi connectivity index (χ1n) is 5.06. The van der Waals surface area contributed by atoms with E-state index in [2.05, 4.69) is 10.6 Å². The number of ether oxygens (including phenoxy) is 1. The van der Waals surface area contributed by atoms with Crippen LogP contribution in [0.15, 0.2) is 34.3 Å². The second kappa shape index (κ2) is 5.69. The predicted molar refractivity (Wildman–Crippen MR) is 72.2 cm³/mol. The molecule has 1 heterocycles. The minimum Gasteiger partial charge on any atom is -0.432 e. The summed E-state index contributed by atoms with van der Waals surface area (Å²) in [5.41, 5.74) is 0.525. The molecule has 1 aliphatic rings. The molecule has 0 radical (unpaired) electrons. The van der Waals surface area contributed by atoms with E-state index in [1.807, 2.05) is 0 Å². The van der Waals surface area contributed by atoms with Crippen molar-refractivity contribution >= 4 is 52.5 Å². The number of amides is 2. The number of hydrogen-bond acceptors (Lipinski definition) is 3. The third kappa shape index (κ3) is 3.32. The molecule has 100 valence electrons. The van der Waals surface area contributed by atoms with Gasteiger partial charge in [-0.3, -0.25) is 5.32 Å². The van der Waals surface area contributed by atoms with Gasteiger partial charge in [0.15, 0.2) is 0 Å². The zero-order valence-electron chi connectivity index (χ0n) is 9.25. The summed E-state index contributed by atoms with van der Waals surface area (Å²) in [5, 5.41) is 5.13. The average molecular weight is 322 g/mol. The van der Waals surface area contributed by atoms with Gasteiger partial charge in [-0.2, -0.15) is 0 Å². The van der Waals surface area contributed by atoms with Crippen LogP contribution < -0.4 is 10.6 Å². The Bertz CT molecular complexity index is 557. The Labute approximate surface area is 123 Å². The maximum atomic E-state index is 11.6. The molecular formula is C11H7Cl3N2O3. The first kappa shape index (κ1) is 14.0. The number of halogens is 3. The van der Waals surface area contributed by atoms with E-state index in [9.17, 15) is 9.59 Å². The van der Waals surface area contributed by atoms with Crippen LogP contribution >= 0.6 is 34.8 Å². The van der Waals surface area contributed by atoms with Crippen molar-refractivity contribution in [1.29, 1.82) is 0 Å². The molecule has 0 saturated heterocycles. The largest absolute Gasteiger partial charge is 0.432 e. The summed E-state index contributed by atoms with van der Waals surface area (Å²) in [7, 11) is 0. The van der Waals surface area contributed by atoms with Crippen molar-refractivity contribution in [3.05, 3.63) is 39.4 Å². The number of carbonyl (C=O) groups is 2. The Morgan fingerprint density at radius 2 is 1.79 bits per heavy atom. The quantitative estimate of drug-likeness (QED) is 0.823. The van der Waals surface area contributed by atoms with E-state index in [0.29, 0.717) is 10.7 Å². The molecule has 19 heavy (non-hydrogen) atoms. The summed E-state index contributed by atoms with van der Waals surface area (Å²) in [5.74, 6) is -0.775. The SMILES string of the molecule is O=C(Nc1ccc(Cl)cc1)N[C@@H]1OC(=O)C(Cl)=C1Cl. The van der Waals surface area contributed by atoms with Crippen molar-refractivity contribution in [3.8, 4) is 0 Å². The fourth-order valence-corrected chi connectivity index (χ4v) is 1.78. The summed E-state index contributed by atoms with van der Waals surface area (Å²) in [6.07, 6.45) is -1.08. The zero-order chi connectivity index (χ0) is 14.0. The van der Waals surface area contributed by atoms with Gasteiger partial charge in [-0.15, -0.1) is 0 Å². The fourth-order valence-electron chi connectivity index (χ4n) is 1.34. The number of urea groups is 1. The maximum absolute atomic E-state index is 11.6. The summed E-state index contributed by atoms with van der Waals surface area (Å²) >= 11 is 17.0. The highest BCUT2D eigenvalue weighted by molar-refractivity contribution is 6.48. The van der Waals surface area contributed by atoms with Crippen molar-refractivity contribution in [2.24, 2.45) is 0 Å². The van der Waals surface area contributed by atoms with Crippen LogP contribution in [0.4, 0.5) is 10.5 Å². The lowest BCUT2D eigenvalue weighted by Crippen LogP contribution is -2.38. The molecule has 1 aromatic carbocycles. The maximum Gasteiger partial charge on any atom is 0.353 e. The van der Waals surface area contributed by atoms with E-state index in [1.165, 1.54) is 0 Å². The Kier molecular flexibility index (Phi) is 4.19. The predicted octanol–water partition coefficient (Wildman–Crippen LogP) is 3.03. The van der Waals surface area contributed by atoms with E-state index >= 15 is 0 Å². The van der Waals surface area contributed by atoms with Crippen molar-refractivity contribution in [2.45, 2.75) is 6.23 Å². The van der Waals surface area contributed by atoms with Gasteiger partial charge in [0, 0.05) is 10.7 Å². The van der Waals surface area contributed by atoms with Crippen LogP contribution in [0.25, 0.3) is 0 Å². The molecule has 2 N–H and O–H groups in total. The number of nitrogens with one attached hydrogen (secondary N) is 2. The van der Waals surface area contributed by atoms with E-state index in [0.717, 1.165) is 0 Å². The Balaban J connectivity index is 1.96. The van der Waals surface area contributed by atoms with E-state index in [-0.39, 0.29) is 10.1 Å². The highest BCUT2D eigenvalue weighted by Crippen LogP contribution is 2.27. The van der Waals surface area contributed by atoms with Crippen molar-refractivity contribution < 1.29 is 14.3 Å². The second-order valence-electron chi connectivity index (χ2n) is 3.55. The van der Waals surface area contributed by atoms with Crippen molar-refractivity contribution in [2.75, 3.05) is 5.32 Å². The van der Waals surface area contributed by atoms with Gasteiger partial charge in [0.1, 0.15) is 10.1 Å². The van der Waals surface area contributed by atoms with E-state index in [4.69, 9.17) is 39.5 Å². The third-order valence-corrected chi connectivity index (χ3v) is 3.30. The lowest BCUT2D eigenvalue weighted by atomic mass is 10.3. The normalized spacial score (nSPS) is 18.3. The fraction of sp³-hybridized carbons (Fsp3) is 0.0909. The second-order valence-corrected chi connectivity index (χ2v) is 4.77. The summed E-state index contributed by atoms with van der Waals surface area (Å²) in [6.45, 7) is 0. The molecule has 0 aromatic heterocycles. The Morgan fingerprint density at radius 1 is 1.16 bits per heavy atom. The highest BCUT2D eigenvalue weighted by atomic mass is 35.5. The molecule has 8 heteroatoms. The number of rotatable bonds is 2.